The van der Waals surface area contributed by atoms with Crippen molar-refractivity contribution in [2.75, 3.05) is 11.9 Å². The van der Waals surface area contributed by atoms with E-state index >= 15 is 0 Å². The van der Waals surface area contributed by atoms with Gasteiger partial charge in [0.1, 0.15) is 5.82 Å². The van der Waals surface area contributed by atoms with Crippen LogP contribution in [0.4, 0.5) is 5.69 Å². The zero-order valence-corrected chi connectivity index (χ0v) is 15.9. The third-order valence-electron chi connectivity index (χ3n) is 5.26. The Morgan fingerprint density at radius 2 is 2.04 bits per heavy atom. The van der Waals surface area contributed by atoms with Gasteiger partial charge in [0.25, 0.3) is 0 Å². The minimum absolute atomic E-state index is 0. The van der Waals surface area contributed by atoms with E-state index in [1.807, 2.05) is 24.3 Å². The van der Waals surface area contributed by atoms with Gasteiger partial charge in [0.2, 0.25) is 5.91 Å². The fourth-order valence-corrected chi connectivity index (χ4v) is 3.84. The number of piperidine rings is 1. The summed E-state index contributed by atoms with van der Waals surface area (Å²) in [6.07, 6.45) is 5.19. The van der Waals surface area contributed by atoms with Crippen molar-refractivity contribution in [3.63, 3.8) is 0 Å². The van der Waals surface area contributed by atoms with E-state index in [0.717, 1.165) is 55.3 Å². The minimum atomic E-state index is 0. The van der Waals surface area contributed by atoms with Crippen molar-refractivity contribution in [3.8, 4) is 11.4 Å². The number of aryl methyl sites for hydroxylation is 1. The predicted octanol–water partition coefficient (Wildman–Crippen LogP) is 3.03. The highest BCUT2D eigenvalue weighted by Crippen LogP contribution is 2.25. The van der Waals surface area contributed by atoms with E-state index in [4.69, 9.17) is 0 Å². The molecule has 0 saturated carbocycles. The van der Waals surface area contributed by atoms with Crippen LogP contribution in [0, 0.1) is 5.92 Å². The minimum Gasteiger partial charge on any atom is -0.326 e. The lowest BCUT2D eigenvalue weighted by Crippen LogP contribution is -2.40. The maximum Gasteiger partial charge on any atom is 0.227 e. The zero-order valence-electron chi connectivity index (χ0n) is 15.1. The molecule has 2 aliphatic rings. The van der Waals surface area contributed by atoms with Crippen LogP contribution >= 0.6 is 12.4 Å². The van der Waals surface area contributed by atoms with Crippen LogP contribution in [0.2, 0.25) is 0 Å². The summed E-state index contributed by atoms with van der Waals surface area (Å²) >= 11 is 0. The Kier molecular flexibility index (Phi) is 5.94. The molecule has 2 N–H and O–H groups in total. The van der Waals surface area contributed by atoms with E-state index < -0.39 is 0 Å². The van der Waals surface area contributed by atoms with Crippen LogP contribution in [0.1, 0.15) is 38.4 Å². The van der Waals surface area contributed by atoms with Crippen molar-refractivity contribution in [1.82, 2.24) is 20.1 Å². The Bertz CT molecular complexity index is 758. The van der Waals surface area contributed by atoms with Gasteiger partial charge in [-0.2, -0.15) is 0 Å². The normalized spacial score (nSPS) is 22.2. The van der Waals surface area contributed by atoms with Gasteiger partial charge in [-0.15, -0.1) is 22.6 Å². The number of anilines is 1. The van der Waals surface area contributed by atoms with Crippen molar-refractivity contribution in [1.29, 1.82) is 0 Å². The Morgan fingerprint density at radius 1 is 1.23 bits per heavy atom. The van der Waals surface area contributed by atoms with Crippen LogP contribution in [0.3, 0.4) is 0 Å². The van der Waals surface area contributed by atoms with Gasteiger partial charge in [0, 0.05) is 36.2 Å². The third kappa shape index (κ3) is 3.91. The number of amides is 1. The molecule has 26 heavy (non-hydrogen) atoms. The van der Waals surface area contributed by atoms with Gasteiger partial charge in [-0.3, -0.25) is 4.79 Å². The molecule has 2 atom stereocenters. The first-order chi connectivity index (χ1) is 12.2. The van der Waals surface area contributed by atoms with Crippen LogP contribution in [0.25, 0.3) is 11.4 Å². The molecule has 1 amide bonds. The zero-order chi connectivity index (χ0) is 17.2. The number of fused-ring (bicyclic) bond motifs is 1. The number of carbonyl (C=O) groups is 1. The molecule has 140 valence electrons. The molecule has 6 nitrogen and oxygen atoms in total. The van der Waals surface area contributed by atoms with Gasteiger partial charge < -0.3 is 15.2 Å². The van der Waals surface area contributed by atoms with Crippen LogP contribution in [-0.2, 0) is 17.8 Å². The molecule has 7 heteroatoms. The molecule has 0 spiro atoms. The number of rotatable bonds is 3. The fourth-order valence-electron chi connectivity index (χ4n) is 3.84. The van der Waals surface area contributed by atoms with Crippen molar-refractivity contribution in [2.24, 2.45) is 5.92 Å². The van der Waals surface area contributed by atoms with E-state index in [0.29, 0.717) is 6.04 Å². The maximum atomic E-state index is 12.5. The standard InChI is InChI=1S/C19H25N5O.ClH/c1-13-12-15(9-10-20-13)19(25)21-16-7-5-14(6-8-16)18-23-22-17-4-2-3-11-24(17)18;/h5-8,13,15,20H,2-4,9-12H2,1H3,(H,21,25);1H/t13-,15-;/m0./s1. The number of benzene rings is 1. The highest BCUT2D eigenvalue weighted by Gasteiger charge is 2.24. The van der Waals surface area contributed by atoms with E-state index in [2.05, 4.69) is 32.3 Å². The first-order valence-electron chi connectivity index (χ1n) is 9.27. The summed E-state index contributed by atoms with van der Waals surface area (Å²) in [5.41, 5.74) is 1.90. The molecule has 0 bridgehead atoms. The van der Waals surface area contributed by atoms with Crippen molar-refractivity contribution in [2.45, 2.75) is 51.6 Å². The second kappa shape index (κ2) is 8.18. The second-order valence-corrected chi connectivity index (χ2v) is 7.19. The molecule has 2 aliphatic heterocycles. The van der Waals surface area contributed by atoms with Crippen LogP contribution in [-0.4, -0.2) is 33.3 Å². The van der Waals surface area contributed by atoms with Crippen molar-refractivity contribution >= 4 is 24.0 Å². The molecular weight excluding hydrogens is 350 g/mol. The van der Waals surface area contributed by atoms with Gasteiger partial charge in [-0.1, -0.05) is 0 Å². The Morgan fingerprint density at radius 3 is 2.81 bits per heavy atom. The monoisotopic (exact) mass is 375 g/mol. The van der Waals surface area contributed by atoms with Crippen LogP contribution < -0.4 is 10.6 Å². The third-order valence-corrected chi connectivity index (χ3v) is 5.26. The fraction of sp³-hybridized carbons (Fsp3) is 0.526. The average molecular weight is 376 g/mol. The van der Waals surface area contributed by atoms with Gasteiger partial charge in [0.05, 0.1) is 0 Å². The molecule has 2 aromatic rings. The molecule has 1 aromatic carbocycles. The lowest BCUT2D eigenvalue weighted by Gasteiger charge is -2.27. The molecular formula is C19H26ClN5O. The Balaban J connectivity index is 0.00000196. The summed E-state index contributed by atoms with van der Waals surface area (Å²) < 4.78 is 2.22. The van der Waals surface area contributed by atoms with Gasteiger partial charge in [0.15, 0.2) is 5.82 Å². The summed E-state index contributed by atoms with van der Waals surface area (Å²) in [6, 6.07) is 8.37. The van der Waals surface area contributed by atoms with Gasteiger partial charge in [-0.05, 0) is 63.4 Å². The van der Waals surface area contributed by atoms with Crippen LogP contribution in [0.5, 0.6) is 0 Å². The van der Waals surface area contributed by atoms with Gasteiger partial charge >= 0.3 is 0 Å². The summed E-state index contributed by atoms with van der Waals surface area (Å²) in [7, 11) is 0. The first-order valence-corrected chi connectivity index (χ1v) is 9.27. The van der Waals surface area contributed by atoms with Crippen LogP contribution in [0.15, 0.2) is 24.3 Å². The Labute approximate surface area is 160 Å². The quantitative estimate of drug-likeness (QED) is 0.864. The summed E-state index contributed by atoms with van der Waals surface area (Å²) in [5, 5.41) is 15.1. The molecule has 0 unspecified atom stereocenters. The van der Waals surface area contributed by atoms with E-state index in [1.165, 1.54) is 12.8 Å². The average Bonchev–Trinajstić information content (AvgIpc) is 3.06. The number of nitrogens with one attached hydrogen (secondary N) is 2. The maximum absolute atomic E-state index is 12.5. The highest BCUT2D eigenvalue weighted by atomic mass is 35.5. The highest BCUT2D eigenvalue weighted by molar-refractivity contribution is 5.92. The number of nitrogens with zero attached hydrogens (tertiary/aromatic N) is 3. The second-order valence-electron chi connectivity index (χ2n) is 7.19. The molecule has 1 aromatic heterocycles. The molecule has 3 heterocycles. The van der Waals surface area contributed by atoms with Crippen molar-refractivity contribution < 1.29 is 4.79 Å². The SMILES string of the molecule is C[C@H]1C[C@@H](C(=O)Nc2ccc(-c3nnc4n3CCCC4)cc2)CCN1.Cl. The number of hydrogen-bond acceptors (Lipinski definition) is 4. The molecule has 1 fully saturated rings. The Hall–Kier alpha value is -1.92. The van der Waals surface area contributed by atoms with Crippen molar-refractivity contribution in [3.05, 3.63) is 30.1 Å². The van der Waals surface area contributed by atoms with E-state index in [1.54, 1.807) is 0 Å². The topological polar surface area (TPSA) is 71.8 Å². The molecule has 1 saturated heterocycles. The number of aromatic nitrogens is 3. The number of carbonyl (C=O) groups excluding carboxylic acids is 1. The summed E-state index contributed by atoms with van der Waals surface area (Å²) in [4.78, 5) is 12.5. The summed E-state index contributed by atoms with van der Waals surface area (Å²) in [5.74, 6) is 2.24. The van der Waals surface area contributed by atoms with E-state index in [-0.39, 0.29) is 24.2 Å². The first kappa shape index (κ1) is 18.9. The molecule has 0 radical (unpaired) electrons. The molecule has 0 aliphatic carbocycles. The summed E-state index contributed by atoms with van der Waals surface area (Å²) in [6.45, 7) is 4.04. The largest absolute Gasteiger partial charge is 0.326 e. The number of halogens is 1. The van der Waals surface area contributed by atoms with E-state index in [9.17, 15) is 4.79 Å². The predicted molar refractivity (Wildman–Crippen MR) is 104 cm³/mol. The molecule has 4 rings (SSSR count). The lowest BCUT2D eigenvalue weighted by atomic mass is 9.92. The lowest BCUT2D eigenvalue weighted by molar-refractivity contribution is -0.120. The smallest absolute Gasteiger partial charge is 0.227 e. The number of hydrogen-bond donors (Lipinski definition) is 2. The van der Waals surface area contributed by atoms with Gasteiger partial charge in [-0.25, -0.2) is 0 Å².